The average Bonchev–Trinajstić information content (AvgIpc) is 2.73. The lowest BCUT2D eigenvalue weighted by Gasteiger charge is -1.93. The van der Waals surface area contributed by atoms with Crippen LogP contribution in [0.4, 0.5) is 0 Å². The number of hydrogen-bond donors (Lipinski definition) is 2. The van der Waals surface area contributed by atoms with Crippen LogP contribution in [0.1, 0.15) is 17.1 Å². The zero-order chi connectivity index (χ0) is 10.8. The number of aryl methyl sites for hydroxylation is 2. The Labute approximate surface area is 93.4 Å². The summed E-state index contributed by atoms with van der Waals surface area (Å²) >= 11 is 1.68. The highest BCUT2D eigenvalue weighted by Gasteiger charge is 2.09. The van der Waals surface area contributed by atoms with Gasteiger partial charge in [-0.1, -0.05) is 0 Å². The zero-order valence-electron chi connectivity index (χ0n) is 9.00. The van der Waals surface area contributed by atoms with Crippen molar-refractivity contribution in [1.82, 2.24) is 9.97 Å². The first kappa shape index (κ1) is 10.4. The van der Waals surface area contributed by atoms with Crippen molar-refractivity contribution < 1.29 is 0 Å². The van der Waals surface area contributed by atoms with E-state index in [0.717, 1.165) is 17.1 Å². The van der Waals surface area contributed by atoms with E-state index < -0.39 is 0 Å². The number of nitrogens with two attached hydrogens (primary N) is 1. The smallest absolute Gasteiger partial charge is 0.125 e. The number of aromatic amines is 1. The van der Waals surface area contributed by atoms with Crippen molar-refractivity contribution in [2.24, 2.45) is 5.73 Å². The van der Waals surface area contributed by atoms with E-state index in [1.54, 1.807) is 11.3 Å². The van der Waals surface area contributed by atoms with Crippen molar-refractivity contribution in [3.05, 3.63) is 28.5 Å². The summed E-state index contributed by atoms with van der Waals surface area (Å²) in [5.41, 5.74) is 10.2. The highest BCUT2D eigenvalue weighted by Crippen LogP contribution is 2.27. The molecule has 0 aliphatic carbocycles. The molecule has 0 radical (unpaired) electrons. The van der Waals surface area contributed by atoms with E-state index in [2.05, 4.69) is 35.3 Å². The lowest BCUT2D eigenvalue weighted by molar-refractivity contribution is 0.936. The third-order valence-corrected chi connectivity index (χ3v) is 3.26. The van der Waals surface area contributed by atoms with Gasteiger partial charge >= 0.3 is 0 Å². The molecular weight excluding hydrogens is 206 g/mol. The van der Waals surface area contributed by atoms with Gasteiger partial charge in [0.25, 0.3) is 0 Å². The highest BCUT2D eigenvalue weighted by molar-refractivity contribution is 7.13. The van der Waals surface area contributed by atoms with E-state index in [1.807, 2.05) is 0 Å². The van der Waals surface area contributed by atoms with Crippen molar-refractivity contribution in [1.29, 1.82) is 0 Å². The number of aromatic nitrogens is 2. The fourth-order valence-corrected chi connectivity index (χ4v) is 2.57. The van der Waals surface area contributed by atoms with Crippen LogP contribution in [0.15, 0.2) is 11.4 Å². The van der Waals surface area contributed by atoms with Crippen LogP contribution in [0, 0.1) is 13.8 Å². The van der Waals surface area contributed by atoms with E-state index in [4.69, 9.17) is 5.73 Å². The number of nitrogens with zero attached hydrogens (tertiary/aromatic N) is 1. The molecule has 3 nitrogen and oxygen atoms in total. The van der Waals surface area contributed by atoms with E-state index in [-0.39, 0.29) is 0 Å². The maximum atomic E-state index is 5.50. The Bertz CT molecular complexity index is 456. The lowest BCUT2D eigenvalue weighted by atomic mass is 10.2. The summed E-state index contributed by atoms with van der Waals surface area (Å²) in [6.07, 6.45) is 0.860. The summed E-state index contributed by atoms with van der Waals surface area (Å²) in [4.78, 5) is 7.85. The largest absolute Gasteiger partial charge is 0.362 e. The molecule has 2 aromatic rings. The number of thiazole rings is 1. The molecule has 0 spiro atoms. The normalized spacial score (nSPS) is 10.9. The van der Waals surface area contributed by atoms with Gasteiger partial charge in [-0.25, -0.2) is 4.98 Å². The SMILES string of the molecule is Cc1cc(-c2nc(CCN)cs2)c(C)[nH]1. The van der Waals surface area contributed by atoms with Gasteiger partial charge < -0.3 is 10.7 Å². The molecule has 0 fully saturated rings. The number of hydrogen-bond acceptors (Lipinski definition) is 3. The Morgan fingerprint density at radius 2 is 2.27 bits per heavy atom. The van der Waals surface area contributed by atoms with Crippen molar-refractivity contribution >= 4 is 11.3 Å². The summed E-state index contributed by atoms with van der Waals surface area (Å²) in [6, 6.07) is 2.14. The summed E-state index contributed by atoms with van der Waals surface area (Å²) in [6.45, 7) is 4.80. The fraction of sp³-hybridized carbons (Fsp3) is 0.364. The molecular formula is C11H15N3S. The van der Waals surface area contributed by atoms with Crippen LogP contribution in [0.5, 0.6) is 0 Å². The van der Waals surface area contributed by atoms with Crippen LogP contribution >= 0.6 is 11.3 Å². The second-order valence-electron chi connectivity index (χ2n) is 3.67. The molecule has 0 aliphatic heterocycles. The van der Waals surface area contributed by atoms with Crippen molar-refractivity contribution in [2.75, 3.05) is 6.54 Å². The monoisotopic (exact) mass is 221 g/mol. The predicted octanol–water partition coefficient (Wildman–Crippen LogP) is 2.26. The second-order valence-corrected chi connectivity index (χ2v) is 4.53. The van der Waals surface area contributed by atoms with Gasteiger partial charge in [-0.05, 0) is 26.5 Å². The molecule has 0 aliphatic rings. The highest BCUT2D eigenvalue weighted by atomic mass is 32.1. The lowest BCUT2D eigenvalue weighted by Crippen LogP contribution is -2.02. The first-order valence-electron chi connectivity index (χ1n) is 5.01. The minimum Gasteiger partial charge on any atom is -0.362 e. The molecule has 0 saturated carbocycles. The van der Waals surface area contributed by atoms with Crippen LogP contribution in [0.2, 0.25) is 0 Å². The molecule has 0 unspecified atom stereocenters. The molecule has 2 aromatic heterocycles. The van der Waals surface area contributed by atoms with Crippen molar-refractivity contribution in [2.45, 2.75) is 20.3 Å². The third kappa shape index (κ3) is 2.11. The van der Waals surface area contributed by atoms with E-state index in [9.17, 15) is 0 Å². The van der Waals surface area contributed by atoms with Crippen LogP contribution in [0.3, 0.4) is 0 Å². The van der Waals surface area contributed by atoms with Gasteiger partial charge in [0.1, 0.15) is 5.01 Å². The molecule has 2 heterocycles. The van der Waals surface area contributed by atoms with Gasteiger partial charge in [0.15, 0.2) is 0 Å². The van der Waals surface area contributed by atoms with Gasteiger partial charge in [-0.3, -0.25) is 0 Å². The first-order valence-corrected chi connectivity index (χ1v) is 5.89. The van der Waals surface area contributed by atoms with Crippen molar-refractivity contribution in [3.63, 3.8) is 0 Å². The second kappa shape index (κ2) is 4.16. The topological polar surface area (TPSA) is 54.7 Å². The molecule has 4 heteroatoms. The molecule has 2 rings (SSSR count). The third-order valence-electron chi connectivity index (χ3n) is 2.33. The minimum absolute atomic E-state index is 0.661. The molecule has 15 heavy (non-hydrogen) atoms. The van der Waals surface area contributed by atoms with Crippen LogP contribution in [-0.4, -0.2) is 16.5 Å². The molecule has 0 amide bonds. The maximum Gasteiger partial charge on any atom is 0.125 e. The van der Waals surface area contributed by atoms with Gasteiger partial charge in [0.05, 0.1) is 5.69 Å². The maximum absolute atomic E-state index is 5.50. The van der Waals surface area contributed by atoms with Crippen LogP contribution in [0.25, 0.3) is 10.6 Å². The molecule has 80 valence electrons. The fourth-order valence-electron chi connectivity index (χ4n) is 1.64. The minimum atomic E-state index is 0.661. The van der Waals surface area contributed by atoms with Gasteiger partial charge in [0, 0.05) is 28.8 Å². The van der Waals surface area contributed by atoms with Gasteiger partial charge in [0.2, 0.25) is 0 Å². The Morgan fingerprint density at radius 3 is 2.87 bits per heavy atom. The summed E-state index contributed by atoms with van der Waals surface area (Å²) in [5, 5.41) is 3.17. The number of rotatable bonds is 3. The van der Waals surface area contributed by atoms with Crippen LogP contribution in [-0.2, 0) is 6.42 Å². The Kier molecular flexibility index (Phi) is 2.88. The summed E-state index contributed by atoms with van der Waals surface area (Å²) in [5.74, 6) is 0. The quantitative estimate of drug-likeness (QED) is 0.835. The summed E-state index contributed by atoms with van der Waals surface area (Å²) < 4.78 is 0. The standard InChI is InChI=1S/C11H15N3S/c1-7-5-10(8(2)13-7)11-14-9(3-4-12)6-15-11/h5-6,13H,3-4,12H2,1-2H3. The van der Waals surface area contributed by atoms with Gasteiger partial charge in [-0.2, -0.15) is 0 Å². The summed E-state index contributed by atoms with van der Waals surface area (Å²) in [7, 11) is 0. The molecule has 0 aromatic carbocycles. The Hall–Kier alpha value is -1.13. The Morgan fingerprint density at radius 1 is 1.47 bits per heavy atom. The molecule has 3 N–H and O–H groups in total. The zero-order valence-corrected chi connectivity index (χ0v) is 9.82. The molecule has 0 atom stereocenters. The van der Waals surface area contributed by atoms with Crippen molar-refractivity contribution in [3.8, 4) is 10.6 Å². The number of nitrogens with one attached hydrogen (secondary N) is 1. The van der Waals surface area contributed by atoms with E-state index >= 15 is 0 Å². The average molecular weight is 221 g/mol. The predicted molar refractivity (Wildman–Crippen MR) is 64.1 cm³/mol. The van der Waals surface area contributed by atoms with E-state index in [1.165, 1.54) is 17.0 Å². The first-order chi connectivity index (χ1) is 7.20. The van der Waals surface area contributed by atoms with E-state index in [0.29, 0.717) is 6.54 Å². The number of H-pyrrole nitrogens is 1. The molecule has 0 bridgehead atoms. The van der Waals surface area contributed by atoms with Crippen LogP contribution < -0.4 is 5.73 Å². The molecule has 0 saturated heterocycles. The Balaban J connectivity index is 2.32. The van der Waals surface area contributed by atoms with Gasteiger partial charge in [-0.15, -0.1) is 11.3 Å².